The van der Waals surface area contributed by atoms with Crippen molar-refractivity contribution in [3.8, 4) is 17.6 Å². The number of aromatic nitrogens is 1. The molecule has 2 atom stereocenters. The Labute approximate surface area is 304 Å². The first-order valence-corrected chi connectivity index (χ1v) is 17.8. The Kier molecular flexibility index (Phi) is 11.2. The highest BCUT2D eigenvalue weighted by atomic mass is 35.5. The molecule has 2 fully saturated rings. The van der Waals surface area contributed by atoms with Gasteiger partial charge in [-0.1, -0.05) is 67.9 Å². The first kappa shape index (κ1) is 36.5. The second kappa shape index (κ2) is 15.6. The summed E-state index contributed by atoms with van der Waals surface area (Å²) < 4.78 is 19.7. The molecular weight excluding hydrogens is 668 g/mol. The predicted octanol–water partition coefficient (Wildman–Crippen LogP) is 6.16. The summed E-state index contributed by atoms with van der Waals surface area (Å²) in [7, 11) is 0. The van der Waals surface area contributed by atoms with Crippen LogP contribution in [0.25, 0.3) is 5.57 Å². The lowest BCUT2D eigenvalue weighted by molar-refractivity contribution is -0.140. The largest absolute Gasteiger partial charge is 0.488 e. The van der Waals surface area contributed by atoms with Crippen molar-refractivity contribution >= 4 is 23.1 Å². The lowest BCUT2D eigenvalue weighted by atomic mass is 9.65. The van der Waals surface area contributed by atoms with Crippen LogP contribution in [0.1, 0.15) is 61.8 Å². The van der Waals surface area contributed by atoms with E-state index in [1.807, 2.05) is 24.3 Å². The highest BCUT2D eigenvalue weighted by Gasteiger charge is 2.50. The van der Waals surface area contributed by atoms with Crippen molar-refractivity contribution in [1.82, 2.24) is 15.2 Å². The van der Waals surface area contributed by atoms with E-state index < -0.39 is 22.5 Å². The number of β-amino-alcohol motifs (C(OH)–C–C–N with tert-alkyl or cyclic N) is 1. The Hall–Kier alpha value is -4.24. The molecule has 11 heteroatoms. The maximum atomic E-state index is 11.9. The van der Waals surface area contributed by atoms with Crippen molar-refractivity contribution in [1.29, 1.82) is 5.26 Å². The molecule has 0 radical (unpaired) electrons. The third-order valence-electron chi connectivity index (χ3n) is 10.3. The summed E-state index contributed by atoms with van der Waals surface area (Å²) >= 11 is 6.89. The quantitative estimate of drug-likeness (QED) is 0.148. The van der Waals surface area contributed by atoms with Gasteiger partial charge in [-0.05, 0) is 55.0 Å². The molecule has 3 N–H and O–H groups in total. The number of likely N-dealkylation sites (tertiary alicyclic amines) is 1. The van der Waals surface area contributed by atoms with Crippen molar-refractivity contribution in [2.75, 3.05) is 32.8 Å². The molecule has 268 valence electrons. The topological polar surface area (TPSA) is 137 Å². The summed E-state index contributed by atoms with van der Waals surface area (Å²) in [6.07, 6.45) is 11.8. The zero-order chi connectivity index (χ0) is 36.1. The second-order valence-electron chi connectivity index (χ2n) is 14.2. The van der Waals surface area contributed by atoms with E-state index in [9.17, 15) is 20.3 Å². The van der Waals surface area contributed by atoms with Gasteiger partial charge in [-0.15, -0.1) is 0 Å². The summed E-state index contributed by atoms with van der Waals surface area (Å²) in [4.78, 5) is 18.3. The van der Waals surface area contributed by atoms with Gasteiger partial charge in [0.05, 0.1) is 16.7 Å². The average Bonchev–Trinajstić information content (AvgIpc) is 3.82. The number of nitrogens with one attached hydrogen (secondary N) is 1. The van der Waals surface area contributed by atoms with E-state index in [2.05, 4.69) is 59.4 Å². The number of carbonyl (C=O) groups is 1. The molecule has 2 aromatic carbocycles. The van der Waals surface area contributed by atoms with Gasteiger partial charge in [-0.2, -0.15) is 5.26 Å². The van der Waals surface area contributed by atoms with Gasteiger partial charge in [0.15, 0.2) is 0 Å². The summed E-state index contributed by atoms with van der Waals surface area (Å²) in [5.41, 5.74) is 1.68. The number of carboxylic acid groups (broad SMARTS) is 1. The van der Waals surface area contributed by atoms with Crippen LogP contribution < -0.4 is 14.8 Å². The summed E-state index contributed by atoms with van der Waals surface area (Å²) in [6, 6.07) is 17.6. The predicted molar refractivity (Wildman–Crippen MR) is 194 cm³/mol. The third kappa shape index (κ3) is 8.30. The lowest BCUT2D eigenvalue weighted by Crippen LogP contribution is -2.52. The van der Waals surface area contributed by atoms with Crippen molar-refractivity contribution in [3.05, 3.63) is 106 Å². The van der Waals surface area contributed by atoms with Crippen LogP contribution in [0.4, 0.5) is 0 Å². The number of carboxylic acids is 1. The van der Waals surface area contributed by atoms with E-state index in [0.29, 0.717) is 59.2 Å². The number of aliphatic hydroxyl groups excluding tert-OH is 1. The molecule has 1 saturated heterocycles. The number of hydrogen-bond donors (Lipinski definition) is 3. The summed E-state index contributed by atoms with van der Waals surface area (Å²) in [5, 5.41) is 32.6. The number of benzene rings is 2. The number of allylic oxidation sites excluding steroid dienone is 2. The van der Waals surface area contributed by atoms with Crippen LogP contribution in [0.3, 0.4) is 0 Å². The molecule has 1 unspecified atom stereocenters. The zero-order valence-corrected chi connectivity index (χ0v) is 29.9. The summed E-state index contributed by atoms with van der Waals surface area (Å²) in [5.74, 6) is -0.0185. The van der Waals surface area contributed by atoms with E-state index in [4.69, 9.17) is 25.8 Å². The van der Waals surface area contributed by atoms with Crippen LogP contribution >= 0.6 is 11.6 Å². The van der Waals surface area contributed by atoms with Crippen LogP contribution in [-0.2, 0) is 22.7 Å². The number of aliphatic hydroxyl groups is 1. The molecule has 3 aromatic rings. The molecule has 1 saturated carbocycles. The van der Waals surface area contributed by atoms with Crippen LogP contribution in [0.5, 0.6) is 11.5 Å². The Morgan fingerprint density at radius 2 is 1.94 bits per heavy atom. The lowest BCUT2D eigenvalue weighted by Gasteiger charge is -2.47. The number of pyridine rings is 1. The molecule has 2 heterocycles. The van der Waals surface area contributed by atoms with Crippen LogP contribution in [0.2, 0.25) is 5.02 Å². The van der Waals surface area contributed by atoms with E-state index in [0.717, 1.165) is 37.1 Å². The molecule has 1 aliphatic heterocycles. The van der Waals surface area contributed by atoms with E-state index >= 15 is 0 Å². The van der Waals surface area contributed by atoms with Crippen LogP contribution in [0, 0.1) is 16.7 Å². The monoisotopic (exact) mass is 712 g/mol. The minimum atomic E-state index is -0.953. The van der Waals surface area contributed by atoms with Gasteiger partial charge in [0.1, 0.15) is 41.9 Å². The molecule has 1 aromatic heterocycles. The van der Waals surface area contributed by atoms with E-state index in [-0.39, 0.29) is 25.9 Å². The fourth-order valence-electron chi connectivity index (χ4n) is 6.86. The fourth-order valence-corrected chi connectivity index (χ4v) is 7.10. The molecule has 10 nitrogen and oxygen atoms in total. The molecule has 6 rings (SSSR count). The number of halogens is 1. The van der Waals surface area contributed by atoms with Crippen molar-refractivity contribution in [3.63, 3.8) is 0 Å². The Morgan fingerprint density at radius 1 is 1.14 bits per heavy atom. The number of ether oxygens (including phenoxy) is 3. The standard InChI is InChI=1S/C40H45ClN4O6/c1-38(2)33(30-8-4-3-5-9-30)10-6-12-40(38,51-17-7-15-45-16-11-32(46)25-45)27-50-36-20-35(49-26-29-18-28(21-42)22-43-23-29)31(19-34(36)41)24-44-39(13-14-39)37(47)48/h3-6,8-10,12,18-20,22-23,32,44,46H,7,11,13-17,24-27H2,1-2H3,(H,47,48)/t32?,40-/m0/s1. The smallest absolute Gasteiger partial charge is 0.323 e. The van der Waals surface area contributed by atoms with Crippen LogP contribution in [0.15, 0.2) is 79.2 Å². The zero-order valence-electron chi connectivity index (χ0n) is 29.1. The number of hydrogen-bond acceptors (Lipinski definition) is 9. The van der Waals surface area contributed by atoms with Crippen molar-refractivity contribution in [2.45, 2.75) is 69.9 Å². The molecule has 51 heavy (non-hydrogen) atoms. The fraction of sp³-hybridized carbons (Fsp3) is 0.425. The van der Waals surface area contributed by atoms with E-state index in [1.165, 1.54) is 6.20 Å². The first-order chi connectivity index (χ1) is 24.5. The minimum Gasteiger partial charge on any atom is -0.488 e. The third-order valence-corrected chi connectivity index (χ3v) is 10.6. The first-order valence-electron chi connectivity index (χ1n) is 17.4. The number of nitrogens with zero attached hydrogens (tertiary/aromatic N) is 3. The number of aliphatic carboxylic acids is 1. The minimum absolute atomic E-state index is 0.128. The molecule has 0 amide bonds. The van der Waals surface area contributed by atoms with Gasteiger partial charge in [0, 0.05) is 67.8 Å². The maximum absolute atomic E-state index is 11.9. The SMILES string of the molecule is CC1(C)C(c2ccccc2)=CC=C[C@@]1(COc1cc(OCc2cncc(C#N)c2)c(CNC2(C(=O)O)CC2)cc1Cl)OCCCN1CCC(O)C1. The Morgan fingerprint density at radius 3 is 2.65 bits per heavy atom. The molecular formula is C40H45ClN4O6. The molecule has 0 bridgehead atoms. The van der Waals surface area contributed by atoms with Gasteiger partial charge in [-0.25, -0.2) is 0 Å². The van der Waals surface area contributed by atoms with Crippen LogP contribution in [-0.4, -0.2) is 76.2 Å². The molecule has 2 aliphatic carbocycles. The van der Waals surface area contributed by atoms with E-state index in [1.54, 1.807) is 24.4 Å². The second-order valence-corrected chi connectivity index (χ2v) is 14.6. The number of rotatable bonds is 16. The van der Waals surface area contributed by atoms with Gasteiger partial charge in [-0.3, -0.25) is 15.1 Å². The normalized spacial score (nSPS) is 21.9. The maximum Gasteiger partial charge on any atom is 0.323 e. The van der Waals surface area contributed by atoms with Gasteiger partial charge < -0.3 is 29.3 Å². The average molecular weight is 713 g/mol. The highest BCUT2D eigenvalue weighted by molar-refractivity contribution is 6.32. The van der Waals surface area contributed by atoms with Crippen molar-refractivity contribution < 1.29 is 29.2 Å². The Bertz CT molecular complexity index is 1820. The number of nitriles is 1. The van der Waals surface area contributed by atoms with Gasteiger partial charge in [0.25, 0.3) is 0 Å². The highest BCUT2D eigenvalue weighted by Crippen LogP contribution is 2.49. The van der Waals surface area contributed by atoms with Gasteiger partial charge >= 0.3 is 5.97 Å². The molecule has 3 aliphatic rings. The molecule has 0 spiro atoms. The summed E-state index contributed by atoms with van der Waals surface area (Å²) in [6.45, 7) is 7.72. The Balaban J connectivity index is 1.25. The van der Waals surface area contributed by atoms with Gasteiger partial charge in [0.2, 0.25) is 0 Å². The van der Waals surface area contributed by atoms with Crippen molar-refractivity contribution in [2.24, 2.45) is 5.41 Å².